The number of Topliss-reactive ketones (excluding diaryl/α,β-unsaturated/α-hetero) is 1. The number of nitrogens with two attached hydrogens (primary N) is 2. The van der Waals surface area contributed by atoms with Gasteiger partial charge in [-0.3, -0.25) is 19.5 Å². The van der Waals surface area contributed by atoms with Gasteiger partial charge in [0.1, 0.15) is 6.04 Å². The van der Waals surface area contributed by atoms with Gasteiger partial charge in [-0.1, -0.05) is 30.3 Å². The lowest BCUT2D eigenvalue weighted by Gasteiger charge is -2.36. The number of carbonyl (C=O) groups is 4. The largest absolute Gasteiger partial charge is 0.461 e. The molecule has 41 heavy (non-hydrogen) atoms. The van der Waals surface area contributed by atoms with Gasteiger partial charge in [-0.15, -0.1) is 11.3 Å². The molecule has 222 valence electrons. The van der Waals surface area contributed by atoms with Gasteiger partial charge < -0.3 is 26.4 Å². The Balaban J connectivity index is 2.02. The molecule has 1 aliphatic heterocycles. The van der Waals surface area contributed by atoms with Crippen LogP contribution in [0.5, 0.6) is 0 Å². The standard InChI is InChI=1S/C28H39N7O5S/c1-4-40-26(38)21-17-41-24(33-21)23(36)22(13-8-14-32-27(29)30)35(28(39)34-15-9-10-18(34)2)25(37)20(31-3)16-19-11-6-5-7-12-19/h5-7,11-12,17-18,20,22,31H,4,8-10,13-16H2,1-3H3,(H4,29,30,32)/t18-,20-,22?/m1/s1. The van der Waals surface area contributed by atoms with Crippen molar-refractivity contribution in [3.63, 3.8) is 0 Å². The van der Waals surface area contributed by atoms with Crippen molar-refractivity contribution in [2.75, 3.05) is 26.7 Å². The number of amides is 3. The van der Waals surface area contributed by atoms with Crippen molar-refractivity contribution >= 4 is 41.0 Å². The minimum atomic E-state index is -1.19. The number of benzene rings is 1. The number of hydrogen-bond acceptors (Lipinski definition) is 9. The molecule has 0 saturated carbocycles. The highest BCUT2D eigenvalue weighted by Gasteiger charge is 2.42. The summed E-state index contributed by atoms with van der Waals surface area (Å²) in [7, 11) is 1.65. The van der Waals surface area contributed by atoms with Crippen molar-refractivity contribution in [2.24, 2.45) is 16.5 Å². The average Bonchev–Trinajstić information content (AvgIpc) is 3.62. The number of hydrogen-bond donors (Lipinski definition) is 3. The van der Waals surface area contributed by atoms with Gasteiger partial charge in [0.15, 0.2) is 16.7 Å². The van der Waals surface area contributed by atoms with Gasteiger partial charge in [0.25, 0.3) is 0 Å². The van der Waals surface area contributed by atoms with E-state index in [1.54, 1.807) is 18.9 Å². The maximum Gasteiger partial charge on any atom is 0.357 e. The second-order valence-corrected chi connectivity index (χ2v) is 10.7. The highest BCUT2D eigenvalue weighted by molar-refractivity contribution is 7.12. The quantitative estimate of drug-likeness (QED) is 0.105. The molecular formula is C28H39N7O5S. The van der Waals surface area contributed by atoms with E-state index in [2.05, 4.69) is 15.3 Å². The molecule has 1 fully saturated rings. The van der Waals surface area contributed by atoms with Crippen LogP contribution in [0, 0.1) is 0 Å². The predicted molar refractivity (Wildman–Crippen MR) is 157 cm³/mol. The van der Waals surface area contributed by atoms with Crippen LogP contribution in [0.25, 0.3) is 0 Å². The Morgan fingerprint density at radius 1 is 1.24 bits per heavy atom. The van der Waals surface area contributed by atoms with Gasteiger partial charge in [-0.25, -0.2) is 14.6 Å². The molecule has 0 radical (unpaired) electrons. The van der Waals surface area contributed by atoms with Gasteiger partial charge in [0.2, 0.25) is 11.7 Å². The van der Waals surface area contributed by atoms with Crippen molar-refractivity contribution < 1.29 is 23.9 Å². The van der Waals surface area contributed by atoms with Crippen LogP contribution in [0.4, 0.5) is 4.79 Å². The van der Waals surface area contributed by atoms with Crippen LogP contribution in [-0.4, -0.2) is 89.3 Å². The van der Waals surface area contributed by atoms with Crippen LogP contribution < -0.4 is 16.8 Å². The fraction of sp³-hybridized carbons (Fsp3) is 0.500. The molecule has 0 bridgehead atoms. The van der Waals surface area contributed by atoms with E-state index >= 15 is 0 Å². The molecule has 0 aliphatic carbocycles. The van der Waals surface area contributed by atoms with Crippen LogP contribution in [-0.2, 0) is 16.0 Å². The zero-order chi connectivity index (χ0) is 29.9. The van der Waals surface area contributed by atoms with E-state index in [-0.39, 0.29) is 42.3 Å². The van der Waals surface area contributed by atoms with E-state index in [9.17, 15) is 19.2 Å². The lowest BCUT2D eigenvalue weighted by Crippen LogP contribution is -2.59. The highest BCUT2D eigenvalue weighted by atomic mass is 32.1. The molecule has 2 aromatic rings. The van der Waals surface area contributed by atoms with E-state index in [1.165, 1.54) is 5.38 Å². The van der Waals surface area contributed by atoms with E-state index in [0.29, 0.717) is 19.4 Å². The number of carbonyl (C=O) groups excluding carboxylic acids is 4. The van der Waals surface area contributed by atoms with Crippen molar-refractivity contribution in [2.45, 2.75) is 64.1 Å². The van der Waals surface area contributed by atoms with Crippen molar-refractivity contribution in [3.8, 4) is 0 Å². The second-order valence-electron chi connectivity index (χ2n) is 9.79. The summed E-state index contributed by atoms with van der Waals surface area (Å²) in [5, 5.41) is 4.47. The normalized spacial score (nSPS) is 16.1. The number of aliphatic imine (C=N–C) groups is 1. The maximum atomic E-state index is 14.2. The van der Waals surface area contributed by atoms with Crippen molar-refractivity contribution in [1.29, 1.82) is 0 Å². The number of likely N-dealkylation sites (N-methyl/N-ethyl adjacent to an activating group) is 1. The Morgan fingerprint density at radius 3 is 2.59 bits per heavy atom. The number of guanidine groups is 1. The summed E-state index contributed by atoms with van der Waals surface area (Å²) in [6, 6.07) is 6.84. The molecule has 12 nitrogen and oxygen atoms in total. The summed E-state index contributed by atoms with van der Waals surface area (Å²) >= 11 is 0.967. The summed E-state index contributed by atoms with van der Waals surface area (Å²) in [5.41, 5.74) is 11.8. The van der Waals surface area contributed by atoms with Crippen LogP contribution >= 0.6 is 11.3 Å². The topological polar surface area (TPSA) is 173 Å². The Kier molecular flexibility index (Phi) is 11.8. The Labute approximate surface area is 244 Å². The molecule has 0 spiro atoms. The first-order valence-corrected chi connectivity index (χ1v) is 14.6. The summed E-state index contributed by atoms with van der Waals surface area (Å²) in [6.07, 6.45) is 2.33. The zero-order valence-electron chi connectivity index (χ0n) is 23.7. The molecule has 1 aliphatic rings. The molecule has 1 aromatic heterocycles. The maximum absolute atomic E-state index is 14.2. The third-order valence-corrected chi connectivity index (χ3v) is 7.77. The van der Waals surface area contributed by atoms with Gasteiger partial charge in [-0.05, 0) is 58.6 Å². The number of nitrogens with one attached hydrogen (secondary N) is 1. The molecule has 13 heteroatoms. The van der Waals surface area contributed by atoms with E-state index in [0.717, 1.165) is 34.6 Å². The van der Waals surface area contributed by atoms with Crippen molar-refractivity contribution in [1.82, 2.24) is 20.1 Å². The van der Waals surface area contributed by atoms with Gasteiger partial charge >= 0.3 is 12.0 Å². The number of nitrogens with zero attached hydrogens (tertiary/aromatic N) is 4. The lowest BCUT2D eigenvalue weighted by atomic mass is 10.0. The van der Waals surface area contributed by atoms with E-state index in [4.69, 9.17) is 16.2 Å². The molecular weight excluding hydrogens is 546 g/mol. The molecule has 1 unspecified atom stereocenters. The summed E-state index contributed by atoms with van der Waals surface area (Å²) in [6.45, 7) is 4.44. The first-order valence-electron chi connectivity index (χ1n) is 13.7. The number of likely N-dealkylation sites (tertiary alicyclic amines) is 1. The number of ketones is 1. The number of aromatic nitrogens is 1. The summed E-state index contributed by atoms with van der Waals surface area (Å²) < 4.78 is 5.01. The Bertz CT molecular complexity index is 1230. The smallest absolute Gasteiger partial charge is 0.357 e. The number of esters is 1. The summed E-state index contributed by atoms with van der Waals surface area (Å²) in [5.74, 6) is -1.82. The van der Waals surface area contributed by atoms with Crippen LogP contribution in [0.15, 0.2) is 40.7 Å². The molecule has 5 N–H and O–H groups in total. The zero-order valence-corrected chi connectivity index (χ0v) is 24.6. The fourth-order valence-corrected chi connectivity index (χ4v) is 5.54. The van der Waals surface area contributed by atoms with Crippen LogP contribution in [0.3, 0.4) is 0 Å². The number of imide groups is 1. The fourth-order valence-electron chi connectivity index (χ4n) is 4.77. The van der Waals surface area contributed by atoms with Crippen LogP contribution in [0.1, 0.15) is 65.4 Å². The molecule has 2 heterocycles. The number of thiazole rings is 1. The SMILES string of the molecule is CCOC(=O)c1csc(C(=O)C(CCCN=C(N)N)N(C(=O)[C@@H](Cc2ccccc2)NC)C(=O)N2CCC[C@H]2C)n1. The lowest BCUT2D eigenvalue weighted by molar-refractivity contribution is -0.132. The monoisotopic (exact) mass is 585 g/mol. The molecule has 3 amide bonds. The summed E-state index contributed by atoms with van der Waals surface area (Å²) in [4.78, 5) is 65.4. The van der Waals surface area contributed by atoms with E-state index < -0.39 is 35.8 Å². The minimum Gasteiger partial charge on any atom is -0.461 e. The third-order valence-electron chi connectivity index (χ3n) is 6.92. The van der Waals surface area contributed by atoms with Crippen molar-refractivity contribution in [3.05, 3.63) is 52.0 Å². The molecule has 1 aromatic carbocycles. The average molecular weight is 586 g/mol. The molecule has 3 atom stereocenters. The van der Waals surface area contributed by atoms with Crippen LogP contribution in [0.2, 0.25) is 0 Å². The van der Waals surface area contributed by atoms with Gasteiger partial charge in [0, 0.05) is 24.5 Å². The Hall–Kier alpha value is -3.84. The van der Waals surface area contributed by atoms with Gasteiger partial charge in [0.05, 0.1) is 12.6 Å². The number of urea groups is 1. The molecule has 3 rings (SSSR count). The first-order chi connectivity index (χ1) is 19.7. The number of ether oxygens (including phenoxy) is 1. The Morgan fingerprint density at radius 2 is 1.98 bits per heavy atom. The van der Waals surface area contributed by atoms with E-state index in [1.807, 2.05) is 37.3 Å². The third kappa shape index (κ3) is 8.33. The highest BCUT2D eigenvalue weighted by Crippen LogP contribution is 2.25. The predicted octanol–water partition coefficient (Wildman–Crippen LogP) is 2.19. The molecule has 1 saturated heterocycles. The van der Waals surface area contributed by atoms with Gasteiger partial charge in [-0.2, -0.15) is 0 Å². The number of rotatable bonds is 13. The first kappa shape index (κ1) is 31.7. The minimum absolute atomic E-state index is 0.00373. The second kappa shape index (κ2) is 15.2.